The van der Waals surface area contributed by atoms with Crippen molar-refractivity contribution in [3.05, 3.63) is 32.7 Å². The van der Waals surface area contributed by atoms with Crippen LogP contribution in [0.2, 0.25) is 0 Å². The zero-order chi connectivity index (χ0) is 9.14. The molecule has 0 bridgehead atoms. The molecule has 4 N–H and O–H groups in total. The van der Waals surface area contributed by atoms with Crippen molar-refractivity contribution < 1.29 is 0 Å². The normalized spacial score (nSPS) is 13.0. The van der Waals surface area contributed by atoms with Crippen LogP contribution in [0, 0.1) is 0 Å². The van der Waals surface area contributed by atoms with Crippen LogP contribution in [0.15, 0.2) is 27.1 Å². The maximum atomic E-state index is 5.79. The van der Waals surface area contributed by atoms with Gasteiger partial charge in [0.2, 0.25) is 0 Å². The summed E-state index contributed by atoms with van der Waals surface area (Å²) in [5.74, 6) is 0. The van der Waals surface area contributed by atoms with Crippen LogP contribution >= 0.6 is 31.9 Å². The SMILES string of the molecule is NCC(N)c1cccc(Br)c1Br. The fourth-order valence-electron chi connectivity index (χ4n) is 0.934. The monoisotopic (exact) mass is 292 g/mol. The molecule has 2 nitrogen and oxygen atoms in total. The largest absolute Gasteiger partial charge is 0.329 e. The molecular formula is C8H10Br2N2. The third kappa shape index (κ3) is 2.07. The summed E-state index contributed by atoms with van der Waals surface area (Å²) >= 11 is 6.84. The van der Waals surface area contributed by atoms with Crippen molar-refractivity contribution >= 4 is 31.9 Å². The molecule has 12 heavy (non-hydrogen) atoms. The lowest BCUT2D eigenvalue weighted by Crippen LogP contribution is -2.21. The molecular weight excluding hydrogens is 284 g/mol. The van der Waals surface area contributed by atoms with E-state index in [0.717, 1.165) is 14.5 Å². The standard InChI is InChI=1S/C8H10Br2N2/c9-6-3-1-2-5(8(6)10)7(12)4-11/h1-3,7H,4,11-12H2. The summed E-state index contributed by atoms with van der Waals surface area (Å²) in [7, 11) is 0. The van der Waals surface area contributed by atoms with Gasteiger partial charge in [0, 0.05) is 21.5 Å². The second-order valence-electron chi connectivity index (χ2n) is 2.49. The van der Waals surface area contributed by atoms with Gasteiger partial charge in [-0.1, -0.05) is 12.1 Å². The molecule has 0 aliphatic heterocycles. The fraction of sp³-hybridized carbons (Fsp3) is 0.250. The minimum atomic E-state index is -0.100. The van der Waals surface area contributed by atoms with Crippen molar-refractivity contribution in [1.82, 2.24) is 0 Å². The molecule has 1 aromatic rings. The molecule has 0 aromatic heterocycles. The first-order valence-electron chi connectivity index (χ1n) is 3.56. The lowest BCUT2D eigenvalue weighted by Gasteiger charge is -2.11. The van der Waals surface area contributed by atoms with E-state index < -0.39 is 0 Å². The second-order valence-corrected chi connectivity index (χ2v) is 4.13. The quantitative estimate of drug-likeness (QED) is 0.878. The maximum Gasteiger partial charge on any atom is 0.0431 e. The van der Waals surface area contributed by atoms with Crippen molar-refractivity contribution in [2.24, 2.45) is 11.5 Å². The van der Waals surface area contributed by atoms with E-state index >= 15 is 0 Å². The molecule has 0 aliphatic rings. The van der Waals surface area contributed by atoms with Crippen LogP contribution < -0.4 is 11.5 Å². The summed E-state index contributed by atoms with van der Waals surface area (Å²) in [6.45, 7) is 0.453. The molecule has 1 rings (SSSR count). The minimum absolute atomic E-state index is 0.100. The van der Waals surface area contributed by atoms with Crippen LogP contribution in [0.4, 0.5) is 0 Å². The highest BCUT2D eigenvalue weighted by Crippen LogP contribution is 2.29. The smallest absolute Gasteiger partial charge is 0.0431 e. The van der Waals surface area contributed by atoms with E-state index in [0.29, 0.717) is 6.54 Å². The van der Waals surface area contributed by atoms with Gasteiger partial charge in [-0.25, -0.2) is 0 Å². The van der Waals surface area contributed by atoms with Crippen LogP contribution in [0.5, 0.6) is 0 Å². The fourth-order valence-corrected chi connectivity index (χ4v) is 1.87. The number of hydrogen-bond acceptors (Lipinski definition) is 2. The molecule has 66 valence electrons. The van der Waals surface area contributed by atoms with Gasteiger partial charge < -0.3 is 11.5 Å². The van der Waals surface area contributed by atoms with E-state index in [-0.39, 0.29) is 6.04 Å². The Labute approximate surface area is 88.6 Å². The summed E-state index contributed by atoms with van der Waals surface area (Å²) < 4.78 is 1.99. The molecule has 0 saturated heterocycles. The van der Waals surface area contributed by atoms with Crippen molar-refractivity contribution in [3.63, 3.8) is 0 Å². The van der Waals surface area contributed by atoms with Crippen molar-refractivity contribution in [2.75, 3.05) is 6.54 Å². The number of halogens is 2. The molecule has 0 amide bonds. The number of nitrogens with two attached hydrogens (primary N) is 2. The zero-order valence-corrected chi connectivity index (χ0v) is 9.60. The van der Waals surface area contributed by atoms with Gasteiger partial charge in [-0.15, -0.1) is 0 Å². The average Bonchev–Trinajstić information content (AvgIpc) is 2.08. The second kappa shape index (κ2) is 4.37. The van der Waals surface area contributed by atoms with E-state index in [9.17, 15) is 0 Å². The maximum absolute atomic E-state index is 5.79. The zero-order valence-electron chi connectivity index (χ0n) is 6.43. The van der Waals surface area contributed by atoms with Gasteiger partial charge in [0.25, 0.3) is 0 Å². The average molecular weight is 294 g/mol. The summed E-state index contributed by atoms with van der Waals surface area (Å²) in [6.07, 6.45) is 0. The van der Waals surface area contributed by atoms with Gasteiger partial charge in [0.1, 0.15) is 0 Å². The summed E-state index contributed by atoms with van der Waals surface area (Å²) in [6, 6.07) is 5.76. The molecule has 0 radical (unpaired) electrons. The highest BCUT2D eigenvalue weighted by Gasteiger charge is 2.09. The number of rotatable bonds is 2. The van der Waals surface area contributed by atoms with Gasteiger partial charge in [-0.3, -0.25) is 0 Å². The van der Waals surface area contributed by atoms with E-state index in [2.05, 4.69) is 31.9 Å². The summed E-state index contributed by atoms with van der Waals surface area (Å²) in [5.41, 5.74) is 12.3. The Hall–Kier alpha value is 0.1000. The first kappa shape index (κ1) is 10.2. The Kier molecular flexibility index (Phi) is 3.71. The Bertz CT molecular complexity index is 276. The van der Waals surface area contributed by atoms with Crippen LogP contribution in [0.25, 0.3) is 0 Å². The highest BCUT2D eigenvalue weighted by molar-refractivity contribution is 9.13. The van der Waals surface area contributed by atoms with Crippen molar-refractivity contribution in [1.29, 1.82) is 0 Å². The molecule has 0 saturated carbocycles. The van der Waals surface area contributed by atoms with E-state index in [4.69, 9.17) is 11.5 Å². The molecule has 1 aromatic carbocycles. The predicted octanol–water partition coefficient (Wildman–Crippen LogP) is 2.17. The summed E-state index contributed by atoms with van der Waals surface area (Å²) in [5, 5.41) is 0. The topological polar surface area (TPSA) is 52.0 Å². The first-order valence-corrected chi connectivity index (χ1v) is 5.15. The molecule has 1 unspecified atom stereocenters. The molecule has 0 fully saturated rings. The lowest BCUT2D eigenvalue weighted by molar-refractivity contribution is 0.733. The lowest BCUT2D eigenvalue weighted by atomic mass is 10.1. The first-order chi connectivity index (χ1) is 5.66. The van der Waals surface area contributed by atoms with Crippen LogP contribution in [-0.2, 0) is 0 Å². The van der Waals surface area contributed by atoms with Crippen LogP contribution in [-0.4, -0.2) is 6.54 Å². The third-order valence-corrected chi connectivity index (χ3v) is 3.71. The Balaban J connectivity index is 3.07. The van der Waals surface area contributed by atoms with Gasteiger partial charge in [0.05, 0.1) is 0 Å². The Morgan fingerprint density at radius 3 is 2.58 bits per heavy atom. The predicted molar refractivity (Wildman–Crippen MR) is 57.8 cm³/mol. The molecule has 4 heteroatoms. The van der Waals surface area contributed by atoms with Crippen molar-refractivity contribution in [2.45, 2.75) is 6.04 Å². The van der Waals surface area contributed by atoms with E-state index in [1.54, 1.807) is 0 Å². The van der Waals surface area contributed by atoms with Gasteiger partial charge in [-0.2, -0.15) is 0 Å². The summed E-state index contributed by atoms with van der Waals surface area (Å²) in [4.78, 5) is 0. The van der Waals surface area contributed by atoms with Crippen molar-refractivity contribution in [3.8, 4) is 0 Å². The highest BCUT2D eigenvalue weighted by atomic mass is 79.9. The molecule has 0 aliphatic carbocycles. The van der Waals surface area contributed by atoms with E-state index in [1.807, 2.05) is 18.2 Å². The number of benzene rings is 1. The third-order valence-electron chi connectivity index (χ3n) is 1.63. The van der Waals surface area contributed by atoms with Crippen LogP contribution in [0.3, 0.4) is 0 Å². The molecule has 0 heterocycles. The Morgan fingerprint density at radius 2 is 2.00 bits per heavy atom. The minimum Gasteiger partial charge on any atom is -0.329 e. The van der Waals surface area contributed by atoms with Gasteiger partial charge in [0.15, 0.2) is 0 Å². The van der Waals surface area contributed by atoms with E-state index in [1.165, 1.54) is 0 Å². The van der Waals surface area contributed by atoms with Gasteiger partial charge in [-0.05, 0) is 43.5 Å². The Morgan fingerprint density at radius 1 is 1.33 bits per heavy atom. The van der Waals surface area contributed by atoms with Crippen LogP contribution in [0.1, 0.15) is 11.6 Å². The molecule has 1 atom stereocenters. The molecule has 0 spiro atoms. The van der Waals surface area contributed by atoms with Gasteiger partial charge >= 0.3 is 0 Å². The number of hydrogen-bond donors (Lipinski definition) is 2.